The van der Waals surface area contributed by atoms with Crippen LogP contribution in [-0.2, 0) is 13.5 Å². The van der Waals surface area contributed by atoms with E-state index in [0.29, 0.717) is 0 Å². The van der Waals surface area contributed by atoms with Crippen molar-refractivity contribution in [3.05, 3.63) is 29.6 Å². The summed E-state index contributed by atoms with van der Waals surface area (Å²) in [4.78, 5) is 4.50. The Balaban J connectivity index is 2.56. The lowest BCUT2D eigenvalue weighted by molar-refractivity contribution is 0.886. The quantitative estimate of drug-likeness (QED) is 0.752. The number of alkyl halides is 1. The molecule has 2 nitrogen and oxygen atoms in total. The fraction of sp³-hybridized carbons (Fsp3) is 0.364. The van der Waals surface area contributed by atoms with E-state index in [0.717, 1.165) is 23.1 Å². The maximum atomic E-state index is 4.50. The van der Waals surface area contributed by atoms with Crippen LogP contribution in [0.4, 0.5) is 0 Å². The maximum Gasteiger partial charge on any atom is 0.106 e. The minimum Gasteiger partial charge on any atom is -0.331 e. The summed E-state index contributed by atoms with van der Waals surface area (Å²) in [6.45, 7) is 2.03. The van der Waals surface area contributed by atoms with Crippen molar-refractivity contribution in [3.8, 4) is 0 Å². The van der Waals surface area contributed by atoms with Crippen molar-refractivity contribution in [2.45, 2.75) is 13.3 Å². The predicted molar refractivity (Wildman–Crippen MR) is 62.9 cm³/mol. The van der Waals surface area contributed by atoms with Gasteiger partial charge >= 0.3 is 0 Å². The first kappa shape index (κ1) is 9.71. The number of halogens is 1. The zero-order valence-corrected chi connectivity index (χ0v) is 10.0. The molecule has 0 saturated heterocycles. The first-order valence-corrected chi connectivity index (χ1v) is 5.82. The molecule has 1 aromatic carbocycles. The first-order chi connectivity index (χ1) is 6.72. The third-order valence-corrected chi connectivity index (χ3v) is 2.95. The normalized spacial score (nSPS) is 11.1. The van der Waals surface area contributed by atoms with Gasteiger partial charge in [-0.15, -0.1) is 0 Å². The molecule has 0 aliphatic heterocycles. The van der Waals surface area contributed by atoms with E-state index >= 15 is 0 Å². The molecule has 0 unspecified atom stereocenters. The summed E-state index contributed by atoms with van der Waals surface area (Å²) in [6, 6.07) is 6.49. The molecular weight excluding hydrogens is 240 g/mol. The van der Waals surface area contributed by atoms with Gasteiger partial charge in [0.1, 0.15) is 5.82 Å². The number of benzene rings is 1. The highest BCUT2D eigenvalue weighted by Crippen LogP contribution is 2.16. The van der Waals surface area contributed by atoms with E-state index in [4.69, 9.17) is 0 Å². The summed E-state index contributed by atoms with van der Waals surface area (Å²) in [7, 11) is 2.05. The molecule has 1 aromatic heterocycles. The van der Waals surface area contributed by atoms with Gasteiger partial charge < -0.3 is 4.57 Å². The fourth-order valence-electron chi connectivity index (χ4n) is 1.63. The molecule has 3 heteroatoms. The van der Waals surface area contributed by atoms with Crippen LogP contribution in [0.2, 0.25) is 0 Å². The van der Waals surface area contributed by atoms with Crippen LogP contribution in [0.25, 0.3) is 11.0 Å². The zero-order valence-electron chi connectivity index (χ0n) is 8.42. The van der Waals surface area contributed by atoms with Gasteiger partial charge in [0, 0.05) is 12.4 Å². The van der Waals surface area contributed by atoms with Crippen LogP contribution in [0.5, 0.6) is 0 Å². The lowest BCUT2D eigenvalue weighted by atomic mass is 10.1. The first-order valence-electron chi connectivity index (χ1n) is 4.70. The highest BCUT2D eigenvalue weighted by atomic mass is 79.9. The van der Waals surface area contributed by atoms with Crippen molar-refractivity contribution in [1.82, 2.24) is 9.55 Å². The van der Waals surface area contributed by atoms with Gasteiger partial charge in [-0.05, 0) is 31.0 Å². The molecule has 0 fully saturated rings. The predicted octanol–water partition coefficient (Wildman–Crippen LogP) is 2.82. The molecular formula is C11H13BrN2. The molecule has 0 atom stereocenters. The van der Waals surface area contributed by atoms with Crippen LogP contribution in [0, 0.1) is 6.92 Å². The minimum absolute atomic E-state index is 1.00. The van der Waals surface area contributed by atoms with Crippen LogP contribution in [0.3, 0.4) is 0 Å². The Morgan fingerprint density at radius 3 is 2.93 bits per heavy atom. The Morgan fingerprint density at radius 1 is 1.43 bits per heavy atom. The van der Waals surface area contributed by atoms with E-state index in [9.17, 15) is 0 Å². The van der Waals surface area contributed by atoms with Gasteiger partial charge in [-0.1, -0.05) is 22.0 Å². The van der Waals surface area contributed by atoms with Crippen LogP contribution >= 0.6 is 15.9 Å². The van der Waals surface area contributed by atoms with Crippen molar-refractivity contribution in [2.24, 2.45) is 7.05 Å². The third kappa shape index (κ3) is 1.57. The van der Waals surface area contributed by atoms with Crippen molar-refractivity contribution < 1.29 is 0 Å². The molecule has 0 radical (unpaired) electrons. The fourth-order valence-corrected chi connectivity index (χ4v) is 2.09. The average Bonchev–Trinajstić information content (AvgIpc) is 2.43. The number of aryl methyl sites for hydroxylation is 3. The molecule has 0 N–H and O–H groups in total. The molecule has 74 valence electrons. The van der Waals surface area contributed by atoms with Crippen LogP contribution in [0.15, 0.2) is 18.2 Å². The topological polar surface area (TPSA) is 17.8 Å². The smallest absolute Gasteiger partial charge is 0.106 e. The van der Waals surface area contributed by atoms with Crippen LogP contribution < -0.4 is 0 Å². The number of aromatic nitrogens is 2. The summed E-state index contributed by atoms with van der Waals surface area (Å²) < 4.78 is 2.12. The SMILES string of the molecule is Cc1nc2cc(CCBr)ccc2n1C. The highest BCUT2D eigenvalue weighted by molar-refractivity contribution is 9.09. The number of rotatable bonds is 2. The van der Waals surface area contributed by atoms with E-state index < -0.39 is 0 Å². The van der Waals surface area contributed by atoms with Crippen molar-refractivity contribution >= 4 is 27.0 Å². The summed E-state index contributed by atoms with van der Waals surface area (Å²) in [5, 5.41) is 1.00. The third-order valence-electron chi connectivity index (χ3n) is 2.55. The molecule has 1 heterocycles. The van der Waals surface area contributed by atoms with Gasteiger partial charge in [-0.25, -0.2) is 4.98 Å². The number of imidazole rings is 1. The number of fused-ring (bicyclic) bond motifs is 1. The van der Waals surface area contributed by atoms with Gasteiger partial charge in [0.05, 0.1) is 11.0 Å². The van der Waals surface area contributed by atoms with E-state index in [2.05, 4.69) is 50.7 Å². The minimum atomic E-state index is 1.00. The summed E-state index contributed by atoms with van der Waals surface area (Å²) in [6.07, 6.45) is 1.06. The largest absolute Gasteiger partial charge is 0.331 e. The molecule has 14 heavy (non-hydrogen) atoms. The Bertz CT molecular complexity index is 460. The number of hydrogen-bond donors (Lipinski definition) is 0. The van der Waals surface area contributed by atoms with Crippen LogP contribution in [0.1, 0.15) is 11.4 Å². The van der Waals surface area contributed by atoms with Crippen molar-refractivity contribution in [3.63, 3.8) is 0 Å². The van der Waals surface area contributed by atoms with Gasteiger partial charge in [-0.2, -0.15) is 0 Å². The molecule has 0 aliphatic rings. The Morgan fingerprint density at radius 2 is 2.21 bits per heavy atom. The lowest BCUT2D eigenvalue weighted by Gasteiger charge is -1.98. The van der Waals surface area contributed by atoms with Gasteiger partial charge in [-0.3, -0.25) is 0 Å². The second kappa shape index (κ2) is 3.73. The van der Waals surface area contributed by atoms with Gasteiger partial charge in [0.25, 0.3) is 0 Å². The number of nitrogens with zero attached hydrogens (tertiary/aromatic N) is 2. The van der Waals surface area contributed by atoms with Crippen molar-refractivity contribution in [2.75, 3.05) is 5.33 Å². The Labute approximate surface area is 92.1 Å². The molecule has 0 aliphatic carbocycles. The highest BCUT2D eigenvalue weighted by Gasteiger charge is 2.03. The second-order valence-electron chi connectivity index (χ2n) is 3.48. The van der Waals surface area contributed by atoms with Crippen LogP contribution in [-0.4, -0.2) is 14.9 Å². The standard InChI is InChI=1S/C11H13BrN2/c1-8-13-10-7-9(5-6-12)3-4-11(10)14(8)2/h3-4,7H,5-6H2,1-2H3. The van der Waals surface area contributed by atoms with Crippen molar-refractivity contribution in [1.29, 1.82) is 0 Å². The molecule has 2 aromatic rings. The van der Waals surface area contributed by atoms with E-state index in [-0.39, 0.29) is 0 Å². The second-order valence-corrected chi connectivity index (χ2v) is 4.27. The lowest BCUT2D eigenvalue weighted by Crippen LogP contribution is -1.90. The summed E-state index contributed by atoms with van der Waals surface area (Å²) in [5.41, 5.74) is 3.65. The zero-order chi connectivity index (χ0) is 10.1. The summed E-state index contributed by atoms with van der Waals surface area (Å²) >= 11 is 3.44. The Kier molecular flexibility index (Phi) is 2.59. The summed E-state index contributed by atoms with van der Waals surface area (Å²) in [5.74, 6) is 1.07. The maximum absolute atomic E-state index is 4.50. The molecule has 2 rings (SSSR count). The molecule has 0 amide bonds. The average molecular weight is 253 g/mol. The number of hydrogen-bond acceptors (Lipinski definition) is 1. The Hall–Kier alpha value is -0.830. The van der Waals surface area contributed by atoms with Gasteiger partial charge in [0.2, 0.25) is 0 Å². The van der Waals surface area contributed by atoms with E-state index in [1.807, 2.05) is 6.92 Å². The monoisotopic (exact) mass is 252 g/mol. The van der Waals surface area contributed by atoms with Gasteiger partial charge in [0.15, 0.2) is 0 Å². The van der Waals surface area contributed by atoms with E-state index in [1.165, 1.54) is 11.1 Å². The van der Waals surface area contributed by atoms with E-state index in [1.54, 1.807) is 0 Å². The molecule has 0 saturated carbocycles. The molecule has 0 spiro atoms. The molecule has 0 bridgehead atoms.